The molecular weight excluding hydrogens is 415 g/mol. The fraction of sp³-hybridized carbons (Fsp3) is 0.524. The SMILES string of the molecule is Cc1nc(C(=O)NC[C@@H]2CCC3(CCN(Cc4c(F)ccc(F)c4F)CC3)O2)cs1. The Morgan fingerprint density at radius 1 is 1.27 bits per heavy atom. The number of aromatic nitrogens is 1. The molecule has 162 valence electrons. The van der Waals surface area contributed by atoms with Gasteiger partial charge in [0.25, 0.3) is 5.91 Å². The number of hydrogen-bond acceptors (Lipinski definition) is 5. The summed E-state index contributed by atoms with van der Waals surface area (Å²) in [7, 11) is 0. The molecular formula is C21H24F3N3O2S. The molecule has 4 rings (SSSR count). The zero-order chi connectivity index (χ0) is 21.3. The molecule has 5 nitrogen and oxygen atoms in total. The molecule has 2 aromatic rings. The van der Waals surface area contributed by atoms with Gasteiger partial charge in [-0.15, -0.1) is 11.3 Å². The van der Waals surface area contributed by atoms with Crippen molar-refractivity contribution in [2.45, 2.75) is 50.9 Å². The number of aryl methyl sites for hydroxylation is 1. The first kappa shape index (κ1) is 21.3. The fourth-order valence-corrected chi connectivity index (χ4v) is 4.82. The van der Waals surface area contributed by atoms with Gasteiger partial charge in [-0.3, -0.25) is 9.69 Å². The average molecular weight is 440 g/mol. The van der Waals surface area contributed by atoms with E-state index in [9.17, 15) is 18.0 Å². The van der Waals surface area contributed by atoms with Crippen LogP contribution in [0.1, 0.15) is 46.7 Å². The Labute approximate surface area is 177 Å². The zero-order valence-corrected chi connectivity index (χ0v) is 17.5. The number of likely N-dealkylation sites (tertiary alicyclic amines) is 1. The third kappa shape index (κ3) is 4.53. The molecule has 9 heteroatoms. The van der Waals surface area contributed by atoms with E-state index >= 15 is 0 Å². The van der Waals surface area contributed by atoms with Crippen LogP contribution in [0.3, 0.4) is 0 Å². The van der Waals surface area contributed by atoms with Crippen molar-refractivity contribution in [3.63, 3.8) is 0 Å². The van der Waals surface area contributed by atoms with E-state index < -0.39 is 17.5 Å². The molecule has 30 heavy (non-hydrogen) atoms. The van der Waals surface area contributed by atoms with Crippen molar-refractivity contribution in [1.82, 2.24) is 15.2 Å². The van der Waals surface area contributed by atoms with Crippen LogP contribution in [0.5, 0.6) is 0 Å². The second-order valence-corrected chi connectivity index (χ2v) is 9.08. The molecule has 0 radical (unpaired) electrons. The number of ether oxygens (including phenoxy) is 1. The summed E-state index contributed by atoms with van der Waals surface area (Å²) in [5, 5.41) is 5.47. The number of rotatable bonds is 5. The van der Waals surface area contributed by atoms with Crippen LogP contribution >= 0.6 is 11.3 Å². The molecule has 1 atom stereocenters. The molecule has 0 unspecified atom stereocenters. The quantitative estimate of drug-likeness (QED) is 0.720. The maximum Gasteiger partial charge on any atom is 0.270 e. The minimum Gasteiger partial charge on any atom is -0.370 e. The van der Waals surface area contributed by atoms with E-state index in [2.05, 4.69) is 10.3 Å². The second-order valence-electron chi connectivity index (χ2n) is 8.02. The van der Waals surface area contributed by atoms with Gasteiger partial charge in [-0.05, 0) is 44.7 Å². The van der Waals surface area contributed by atoms with Gasteiger partial charge < -0.3 is 10.1 Å². The molecule has 2 aliphatic heterocycles. The normalized spacial score (nSPS) is 21.3. The lowest BCUT2D eigenvalue weighted by Gasteiger charge is -2.39. The summed E-state index contributed by atoms with van der Waals surface area (Å²) in [6.07, 6.45) is 3.16. The Morgan fingerprint density at radius 2 is 2.00 bits per heavy atom. The number of carbonyl (C=O) groups excluding carboxylic acids is 1. The number of hydrogen-bond donors (Lipinski definition) is 1. The lowest BCUT2D eigenvalue weighted by Crippen LogP contribution is -2.45. The minimum atomic E-state index is -1.11. The average Bonchev–Trinajstić information content (AvgIpc) is 3.35. The number of amides is 1. The van der Waals surface area contributed by atoms with Crippen molar-refractivity contribution in [3.05, 3.63) is 51.2 Å². The Kier molecular flexibility index (Phi) is 6.13. The monoisotopic (exact) mass is 439 g/mol. The molecule has 0 aliphatic carbocycles. The summed E-state index contributed by atoms with van der Waals surface area (Å²) in [6.45, 7) is 3.56. The van der Waals surface area contributed by atoms with Crippen LogP contribution in [0.4, 0.5) is 13.2 Å². The van der Waals surface area contributed by atoms with E-state index in [0.717, 1.165) is 42.8 Å². The van der Waals surface area contributed by atoms with Crippen LogP contribution in [0.15, 0.2) is 17.5 Å². The molecule has 1 aromatic heterocycles. The minimum absolute atomic E-state index is 0.0397. The standard InChI is InChI=1S/C21H24F3N3O2S/c1-13-26-18(12-30-13)20(28)25-10-14-4-5-21(29-14)6-8-27(9-7-21)11-15-16(22)2-3-17(23)19(15)24/h2-3,12,14H,4-11H2,1H3,(H,25,28)/t14-/m0/s1. The van der Waals surface area contributed by atoms with Gasteiger partial charge in [0.15, 0.2) is 11.6 Å². The number of carbonyl (C=O) groups is 1. The molecule has 2 saturated heterocycles. The van der Waals surface area contributed by atoms with E-state index in [0.29, 0.717) is 25.3 Å². The maximum absolute atomic E-state index is 13.9. The van der Waals surface area contributed by atoms with E-state index in [-0.39, 0.29) is 29.7 Å². The topological polar surface area (TPSA) is 54.5 Å². The summed E-state index contributed by atoms with van der Waals surface area (Å²) in [4.78, 5) is 18.3. The van der Waals surface area contributed by atoms with Crippen LogP contribution in [-0.4, -0.2) is 47.1 Å². The molecule has 0 saturated carbocycles. The number of nitrogens with one attached hydrogen (secondary N) is 1. The highest BCUT2D eigenvalue weighted by Gasteiger charge is 2.42. The van der Waals surface area contributed by atoms with Crippen molar-refractivity contribution < 1.29 is 22.7 Å². The molecule has 1 amide bonds. The molecule has 2 fully saturated rings. The summed E-state index contributed by atoms with van der Waals surface area (Å²) in [5.41, 5.74) is -0.0613. The Morgan fingerprint density at radius 3 is 2.70 bits per heavy atom. The highest BCUT2D eigenvalue weighted by atomic mass is 32.1. The van der Waals surface area contributed by atoms with Crippen LogP contribution in [0, 0.1) is 24.4 Å². The Hall–Kier alpha value is -1.97. The van der Waals surface area contributed by atoms with E-state index in [1.54, 1.807) is 5.38 Å². The van der Waals surface area contributed by atoms with Gasteiger partial charge >= 0.3 is 0 Å². The van der Waals surface area contributed by atoms with Crippen LogP contribution < -0.4 is 5.32 Å². The molecule has 3 heterocycles. The first-order valence-electron chi connectivity index (χ1n) is 10.1. The van der Waals surface area contributed by atoms with Crippen LogP contribution in [-0.2, 0) is 11.3 Å². The lowest BCUT2D eigenvalue weighted by atomic mass is 9.88. The summed E-state index contributed by atoms with van der Waals surface area (Å²) >= 11 is 1.44. The zero-order valence-electron chi connectivity index (χ0n) is 16.7. The summed E-state index contributed by atoms with van der Waals surface area (Å²) < 4.78 is 47.5. The number of halogens is 3. The van der Waals surface area contributed by atoms with Crippen molar-refractivity contribution in [3.8, 4) is 0 Å². The van der Waals surface area contributed by atoms with Crippen LogP contribution in [0.2, 0.25) is 0 Å². The van der Waals surface area contributed by atoms with Gasteiger partial charge in [0.1, 0.15) is 11.5 Å². The lowest BCUT2D eigenvalue weighted by molar-refractivity contribution is -0.0766. The number of nitrogens with zero attached hydrogens (tertiary/aromatic N) is 2. The van der Waals surface area contributed by atoms with Gasteiger partial charge in [0.2, 0.25) is 0 Å². The Bertz CT molecular complexity index is 928. The number of benzene rings is 1. The first-order valence-corrected chi connectivity index (χ1v) is 11.0. The van der Waals surface area contributed by atoms with Crippen molar-refractivity contribution >= 4 is 17.2 Å². The second kappa shape index (κ2) is 8.64. The summed E-state index contributed by atoms with van der Waals surface area (Å²) in [5.74, 6) is -3.06. The molecule has 1 spiro atoms. The van der Waals surface area contributed by atoms with Gasteiger partial charge in [-0.1, -0.05) is 0 Å². The van der Waals surface area contributed by atoms with E-state index in [1.807, 2.05) is 11.8 Å². The largest absolute Gasteiger partial charge is 0.370 e. The molecule has 1 N–H and O–H groups in total. The highest BCUT2D eigenvalue weighted by Crippen LogP contribution is 2.39. The van der Waals surface area contributed by atoms with E-state index in [4.69, 9.17) is 4.74 Å². The van der Waals surface area contributed by atoms with Crippen molar-refractivity contribution in [1.29, 1.82) is 0 Å². The van der Waals surface area contributed by atoms with Crippen LogP contribution in [0.25, 0.3) is 0 Å². The fourth-order valence-electron chi connectivity index (χ4n) is 4.23. The third-order valence-corrected chi connectivity index (χ3v) is 6.74. The molecule has 0 bridgehead atoms. The third-order valence-electron chi connectivity index (χ3n) is 5.97. The van der Waals surface area contributed by atoms with Gasteiger partial charge in [-0.25, -0.2) is 18.2 Å². The predicted molar refractivity (Wildman–Crippen MR) is 107 cm³/mol. The molecule has 1 aromatic carbocycles. The smallest absolute Gasteiger partial charge is 0.270 e. The van der Waals surface area contributed by atoms with E-state index in [1.165, 1.54) is 11.3 Å². The van der Waals surface area contributed by atoms with Gasteiger partial charge in [0.05, 0.1) is 16.7 Å². The Balaban J connectivity index is 1.27. The maximum atomic E-state index is 13.9. The van der Waals surface area contributed by atoms with Gasteiger partial charge in [0, 0.05) is 37.1 Å². The first-order chi connectivity index (χ1) is 14.3. The predicted octanol–water partition coefficient (Wildman–Crippen LogP) is 3.81. The highest BCUT2D eigenvalue weighted by molar-refractivity contribution is 7.09. The van der Waals surface area contributed by atoms with Crippen molar-refractivity contribution in [2.75, 3.05) is 19.6 Å². The number of piperidine rings is 1. The number of thiazole rings is 1. The molecule has 2 aliphatic rings. The summed E-state index contributed by atoms with van der Waals surface area (Å²) in [6, 6.07) is 1.77. The van der Waals surface area contributed by atoms with Gasteiger partial charge in [-0.2, -0.15) is 0 Å². The van der Waals surface area contributed by atoms with Crippen molar-refractivity contribution in [2.24, 2.45) is 0 Å².